The first-order valence-corrected chi connectivity index (χ1v) is 10.6. The lowest BCUT2D eigenvalue weighted by atomic mass is 10.0. The smallest absolute Gasteiger partial charge is 0.226 e. The number of hydrogen-bond acceptors (Lipinski definition) is 6. The molecule has 0 fully saturated rings. The summed E-state index contributed by atoms with van der Waals surface area (Å²) < 4.78 is 5.29. The van der Waals surface area contributed by atoms with Crippen molar-refractivity contribution in [3.8, 4) is 10.7 Å². The van der Waals surface area contributed by atoms with Crippen LogP contribution in [-0.4, -0.2) is 26.0 Å². The van der Waals surface area contributed by atoms with Crippen molar-refractivity contribution >= 4 is 28.3 Å². The van der Waals surface area contributed by atoms with Gasteiger partial charge < -0.3 is 14.8 Å². The lowest BCUT2D eigenvalue weighted by Crippen LogP contribution is -2.32. The minimum absolute atomic E-state index is 0.0119. The van der Waals surface area contributed by atoms with Gasteiger partial charge >= 0.3 is 0 Å². The van der Waals surface area contributed by atoms with Crippen LogP contribution in [0.2, 0.25) is 0 Å². The predicted octanol–water partition coefficient (Wildman–Crippen LogP) is 4.51. The van der Waals surface area contributed by atoms with Gasteiger partial charge in [-0.2, -0.15) is 4.98 Å². The maximum absolute atomic E-state index is 12.5. The molecule has 4 aromatic rings. The van der Waals surface area contributed by atoms with Gasteiger partial charge in [0, 0.05) is 12.8 Å². The molecule has 1 amide bonds. The molecule has 0 bridgehead atoms. The van der Waals surface area contributed by atoms with Crippen molar-refractivity contribution in [2.75, 3.05) is 0 Å². The molecule has 0 saturated carbocycles. The average molecular weight is 410 g/mol. The van der Waals surface area contributed by atoms with E-state index in [4.69, 9.17) is 4.52 Å². The monoisotopic (exact) mass is 409 g/mol. The van der Waals surface area contributed by atoms with Crippen molar-refractivity contribution in [2.45, 2.75) is 39.2 Å². The first-order valence-electron chi connectivity index (χ1n) is 9.70. The summed E-state index contributed by atoms with van der Waals surface area (Å²) in [6.07, 6.45) is 1.60. The predicted molar refractivity (Wildman–Crippen MR) is 112 cm³/mol. The van der Waals surface area contributed by atoms with Gasteiger partial charge in [-0.1, -0.05) is 37.2 Å². The van der Waals surface area contributed by atoms with Crippen molar-refractivity contribution in [3.05, 3.63) is 53.5 Å². The number of para-hydroxylation sites is 2. The number of hydrogen-bond donors (Lipinski definition) is 2. The Balaban J connectivity index is 1.33. The zero-order valence-electron chi connectivity index (χ0n) is 16.4. The Labute approximate surface area is 172 Å². The van der Waals surface area contributed by atoms with E-state index in [-0.39, 0.29) is 17.9 Å². The van der Waals surface area contributed by atoms with E-state index in [1.165, 1.54) is 0 Å². The molecule has 3 aromatic heterocycles. The number of nitrogens with zero attached hydrogens (tertiary/aromatic N) is 3. The lowest BCUT2D eigenvalue weighted by molar-refractivity contribution is -0.122. The van der Waals surface area contributed by atoms with Crippen LogP contribution < -0.4 is 5.32 Å². The lowest BCUT2D eigenvalue weighted by Gasteiger charge is -2.20. The molecule has 8 heteroatoms. The number of thiophene rings is 1. The van der Waals surface area contributed by atoms with E-state index in [1.807, 2.05) is 41.8 Å². The molecule has 0 radical (unpaired) electrons. The van der Waals surface area contributed by atoms with Gasteiger partial charge in [-0.05, 0) is 35.9 Å². The van der Waals surface area contributed by atoms with Crippen molar-refractivity contribution in [1.29, 1.82) is 0 Å². The molecule has 3 heterocycles. The summed E-state index contributed by atoms with van der Waals surface area (Å²) in [5, 5.41) is 9.08. The highest BCUT2D eigenvalue weighted by Crippen LogP contribution is 2.23. The highest BCUT2D eigenvalue weighted by atomic mass is 32.1. The average Bonchev–Trinajstić information content (AvgIpc) is 3.45. The summed E-state index contributed by atoms with van der Waals surface area (Å²) in [6.45, 7) is 4.14. The van der Waals surface area contributed by atoms with E-state index in [0.717, 1.165) is 21.7 Å². The van der Waals surface area contributed by atoms with Gasteiger partial charge in [-0.3, -0.25) is 4.79 Å². The van der Waals surface area contributed by atoms with Crippen LogP contribution in [0.5, 0.6) is 0 Å². The third-order valence-corrected chi connectivity index (χ3v) is 5.56. The number of imidazole rings is 1. The Kier molecular flexibility index (Phi) is 5.71. The Morgan fingerprint density at radius 3 is 2.83 bits per heavy atom. The third-order valence-electron chi connectivity index (χ3n) is 4.69. The molecule has 4 rings (SSSR count). The zero-order valence-corrected chi connectivity index (χ0v) is 17.2. The standard InChI is InChI=1S/C21H23N5O2S/c1-13(2)19(21-22-14-7-3-4-8-15(14)23-21)24-17(27)10-5-11-18-25-20(26-28-18)16-9-6-12-29-16/h3-4,6-9,12-13,19H,5,10-11H2,1-2H3,(H,22,23)(H,24,27)/t19-/m0/s1. The molecule has 0 spiro atoms. The maximum Gasteiger partial charge on any atom is 0.226 e. The molecule has 29 heavy (non-hydrogen) atoms. The number of aromatic amines is 1. The number of amides is 1. The van der Waals surface area contributed by atoms with Gasteiger partial charge in [-0.25, -0.2) is 4.98 Å². The summed E-state index contributed by atoms with van der Waals surface area (Å²) in [4.78, 5) is 25.8. The topological polar surface area (TPSA) is 96.7 Å². The van der Waals surface area contributed by atoms with E-state index in [2.05, 4.69) is 39.3 Å². The summed E-state index contributed by atoms with van der Waals surface area (Å²) >= 11 is 1.57. The number of fused-ring (bicyclic) bond motifs is 1. The van der Waals surface area contributed by atoms with E-state index in [0.29, 0.717) is 31.0 Å². The Bertz CT molecular complexity index is 1050. The highest BCUT2D eigenvalue weighted by molar-refractivity contribution is 7.13. The molecule has 150 valence electrons. The number of carbonyl (C=O) groups excluding carboxylic acids is 1. The quantitative estimate of drug-likeness (QED) is 0.446. The summed E-state index contributed by atoms with van der Waals surface area (Å²) in [7, 11) is 0. The summed E-state index contributed by atoms with van der Waals surface area (Å²) in [6, 6.07) is 11.6. The van der Waals surface area contributed by atoms with Gasteiger partial charge in [0.25, 0.3) is 0 Å². The van der Waals surface area contributed by atoms with Crippen LogP contribution in [0.4, 0.5) is 0 Å². The fourth-order valence-corrected chi connectivity index (χ4v) is 3.83. The number of H-pyrrole nitrogens is 1. The van der Waals surface area contributed by atoms with E-state index in [9.17, 15) is 4.79 Å². The normalized spacial score (nSPS) is 12.5. The molecule has 0 aliphatic carbocycles. The second-order valence-electron chi connectivity index (χ2n) is 7.27. The molecule has 0 unspecified atom stereocenters. The van der Waals surface area contributed by atoms with Crippen LogP contribution in [0.1, 0.15) is 44.4 Å². The third kappa shape index (κ3) is 4.54. The van der Waals surface area contributed by atoms with Crippen LogP contribution in [0.25, 0.3) is 21.7 Å². The van der Waals surface area contributed by atoms with Crippen molar-refractivity contribution in [2.24, 2.45) is 5.92 Å². The minimum Gasteiger partial charge on any atom is -0.346 e. The number of carbonyl (C=O) groups is 1. The minimum atomic E-state index is -0.163. The molecule has 1 atom stereocenters. The molecular formula is C21H23N5O2S. The molecule has 1 aromatic carbocycles. The molecule has 7 nitrogen and oxygen atoms in total. The molecule has 2 N–H and O–H groups in total. The van der Waals surface area contributed by atoms with Gasteiger partial charge in [0.2, 0.25) is 17.6 Å². The molecule has 0 saturated heterocycles. The summed E-state index contributed by atoms with van der Waals surface area (Å²) in [5.41, 5.74) is 1.88. The Morgan fingerprint density at radius 1 is 1.21 bits per heavy atom. The van der Waals surface area contributed by atoms with Gasteiger partial charge in [0.15, 0.2) is 0 Å². The van der Waals surface area contributed by atoms with E-state index < -0.39 is 0 Å². The largest absolute Gasteiger partial charge is 0.346 e. The van der Waals surface area contributed by atoms with Crippen LogP contribution in [-0.2, 0) is 11.2 Å². The van der Waals surface area contributed by atoms with Crippen LogP contribution in [0.3, 0.4) is 0 Å². The van der Waals surface area contributed by atoms with E-state index in [1.54, 1.807) is 11.3 Å². The van der Waals surface area contributed by atoms with Crippen molar-refractivity contribution < 1.29 is 9.32 Å². The van der Waals surface area contributed by atoms with Gasteiger partial charge in [0.1, 0.15) is 5.82 Å². The number of nitrogens with one attached hydrogen (secondary N) is 2. The first kappa shape index (κ1) is 19.3. The van der Waals surface area contributed by atoms with Crippen molar-refractivity contribution in [3.63, 3.8) is 0 Å². The highest BCUT2D eigenvalue weighted by Gasteiger charge is 2.21. The van der Waals surface area contributed by atoms with Gasteiger partial charge in [-0.15, -0.1) is 11.3 Å². The Morgan fingerprint density at radius 2 is 2.07 bits per heavy atom. The number of aromatic nitrogens is 4. The van der Waals surface area contributed by atoms with Crippen LogP contribution in [0, 0.1) is 5.92 Å². The number of benzene rings is 1. The van der Waals surface area contributed by atoms with E-state index >= 15 is 0 Å². The SMILES string of the molecule is CC(C)[C@H](NC(=O)CCCc1nc(-c2cccs2)no1)c1nc2ccccc2[nH]1. The number of aryl methyl sites for hydroxylation is 1. The molecule has 0 aliphatic heterocycles. The summed E-state index contributed by atoms with van der Waals surface area (Å²) in [5.74, 6) is 2.14. The molecular weight excluding hydrogens is 386 g/mol. The van der Waals surface area contributed by atoms with Crippen molar-refractivity contribution in [1.82, 2.24) is 25.4 Å². The first-order chi connectivity index (χ1) is 14.1. The fourth-order valence-electron chi connectivity index (χ4n) is 3.18. The fraction of sp³-hybridized carbons (Fsp3) is 0.333. The van der Waals surface area contributed by atoms with Crippen LogP contribution in [0.15, 0.2) is 46.3 Å². The zero-order chi connectivity index (χ0) is 20.2. The Hall–Kier alpha value is -3.00. The molecule has 0 aliphatic rings. The second kappa shape index (κ2) is 8.57. The second-order valence-corrected chi connectivity index (χ2v) is 8.22. The maximum atomic E-state index is 12.5. The number of rotatable bonds is 8. The van der Waals surface area contributed by atoms with Gasteiger partial charge in [0.05, 0.1) is 22.0 Å². The van der Waals surface area contributed by atoms with Crippen LogP contribution >= 0.6 is 11.3 Å².